The van der Waals surface area contributed by atoms with Gasteiger partial charge in [-0.05, 0) is 48.0 Å². The molecule has 0 atom stereocenters. The summed E-state index contributed by atoms with van der Waals surface area (Å²) in [5.74, 6) is 0. The predicted molar refractivity (Wildman–Crippen MR) is 114 cm³/mol. The van der Waals surface area contributed by atoms with Gasteiger partial charge in [0.1, 0.15) is 5.65 Å². The molecule has 31 heavy (non-hydrogen) atoms. The van der Waals surface area contributed by atoms with Crippen molar-refractivity contribution in [2.75, 3.05) is 31.1 Å². The van der Waals surface area contributed by atoms with E-state index in [1.165, 1.54) is 0 Å². The van der Waals surface area contributed by atoms with E-state index >= 15 is 0 Å². The van der Waals surface area contributed by atoms with Crippen molar-refractivity contribution in [3.63, 3.8) is 0 Å². The Morgan fingerprint density at radius 2 is 1.65 bits per heavy atom. The summed E-state index contributed by atoms with van der Waals surface area (Å²) in [4.78, 5) is 19.7. The van der Waals surface area contributed by atoms with Gasteiger partial charge >= 0.3 is 6.18 Å². The molecule has 0 unspecified atom stereocenters. The second kappa shape index (κ2) is 7.46. The molecule has 0 amide bonds. The van der Waals surface area contributed by atoms with Crippen molar-refractivity contribution in [3.05, 3.63) is 82.3 Å². The Labute approximate surface area is 176 Å². The average Bonchev–Trinajstić information content (AvgIpc) is 3.16. The number of H-pyrrole nitrogens is 1. The van der Waals surface area contributed by atoms with Gasteiger partial charge in [0.15, 0.2) is 0 Å². The fourth-order valence-corrected chi connectivity index (χ4v) is 4.24. The molecule has 3 heterocycles. The number of aromatic amines is 1. The van der Waals surface area contributed by atoms with Crippen molar-refractivity contribution in [1.82, 2.24) is 14.3 Å². The van der Waals surface area contributed by atoms with E-state index in [-0.39, 0.29) is 5.56 Å². The minimum absolute atomic E-state index is 0.0992. The second-order valence-corrected chi connectivity index (χ2v) is 7.88. The number of alkyl halides is 3. The van der Waals surface area contributed by atoms with Crippen LogP contribution in [0.1, 0.15) is 11.1 Å². The van der Waals surface area contributed by atoms with E-state index in [0.717, 1.165) is 67.3 Å². The Hall–Kier alpha value is -3.26. The van der Waals surface area contributed by atoms with Gasteiger partial charge in [-0.15, -0.1) is 0 Å². The lowest BCUT2D eigenvalue weighted by Gasteiger charge is -2.36. The molecule has 2 aromatic heterocycles. The van der Waals surface area contributed by atoms with Gasteiger partial charge in [0, 0.05) is 44.6 Å². The Kier molecular flexibility index (Phi) is 4.74. The van der Waals surface area contributed by atoms with Crippen LogP contribution >= 0.6 is 0 Å². The number of hydrogen-bond donors (Lipinski definition) is 1. The van der Waals surface area contributed by atoms with Crippen molar-refractivity contribution in [1.29, 1.82) is 0 Å². The summed E-state index contributed by atoms with van der Waals surface area (Å²) in [6, 6.07) is 14.9. The SMILES string of the molecule is O=c1[nH]c2cc(CN3CCN(c4ccc(C(F)(F)F)cc4)CC3)cn2c2ccccc12. The van der Waals surface area contributed by atoms with Crippen LogP contribution in [0.25, 0.3) is 16.6 Å². The number of piperazine rings is 1. The van der Waals surface area contributed by atoms with Crippen LogP contribution in [0.3, 0.4) is 0 Å². The van der Waals surface area contributed by atoms with Gasteiger partial charge in [-0.2, -0.15) is 13.2 Å². The summed E-state index contributed by atoms with van der Waals surface area (Å²) in [5.41, 5.74) is 2.84. The van der Waals surface area contributed by atoms with Crippen LogP contribution in [0.2, 0.25) is 0 Å². The summed E-state index contributed by atoms with van der Waals surface area (Å²) in [6.45, 7) is 3.87. The number of rotatable bonds is 3. The standard InChI is InChI=1S/C23H21F3N4O/c24-23(25,26)17-5-7-18(8-6-17)29-11-9-28(10-12-29)14-16-13-21-27-22(31)19-3-1-2-4-20(19)30(21)15-16/h1-8,13,15H,9-12,14H2,(H,27,31). The second-order valence-electron chi connectivity index (χ2n) is 7.88. The van der Waals surface area contributed by atoms with Gasteiger partial charge in [-0.25, -0.2) is 0 Å². The van der Waals surface area contributed by atoms with Gasteiger partial charge in [0.2, 0.25) is 0 Å². The molecule has 0 bridgehead atoms. The Morgan fingerprint density at radius 1 is 0.935 bits per heavy atom. The van der Waals surface area contributed by atoms with Crippen molar-refractivity contribution in [2.45, 2.75) is 12.7 Å². The smallest absolute Gasteiger partial charge is 0.369 e. The zero-order valence-corrected chi connectivity index (χ0v) is 16.7. The number of aromatic nitrogens is 2. The summed E-state index contributed by atoms with van der Waals surface area (Å²) in [6.07, 6.45) is -2.26. The summed E-state index contributed by atoms with van der Waals surface area (Å²) < 4.78 is 40.3. The number of fused-ring (bicyclic) bond motifs is 3. The Morgan fingerprint density at radius 3 is 2.35 bits per heavy atom. The molecular weight excluding hydrogens is 405 g/mol. The highest BCUT2D eigenvalue weighted by Crippen LogP contribution is 2.30. The molecule has 1 aliphatic heterocycles. The highest BCUT2D eigenvalue weighted by atomic mass is 19.4. The van der Waals surface area contributed by atoms with Crippen LogP contribution in [0.4, 0.5) is 18.9 Å². The maximum atomic E-state index is 12.8. The highest BCUT2D eigenvalue weighted by Gasteiger charge is 2.30. The minimum Gasteiger partial charge on any atom is -0.369 e. The molecule has 5 nitrogen and oxygen atoms in total. The van der Waals surface area contributed by atoms with Crippen molar-refractivity contribution < 1.29 is 13.2 Å². The fraction of sp³-hybridized carbons (Fsp3) is 0.261. The van der Waals surface area contributed by atoms with Gasteiger partial charge in [0.05, 0.1) is 16.5 Å². The molecule has 160 valence electrons. The average molecular weight is 426 g/mol. The zero-order chi connectivity index (χ0) is 21.6. The van der Waals surface area contributed by atoms with E-state index < -0.39 is 11.7 Å². The van der Waals surface area contributed by atoms with Crippen molar-refractivity contribution >= 4 is 22.2 Å². The first-order valence-electron chi connectivity index (χ1n) is 10.1. The number of para-hydroxylation sites is 1. The van der Waals surface area contributed by atoms with Crippen LogP contribution in [-0.4, -0.2) is 40.5 Å². The number of nitrogens with zero attached hydrogens (tertiary/aromatic N) is 3. The molecule has 2 aromatic carbocycles. The van der Waals surface area contributed by atoms with E-state index in [9.17, 15) is 18.0 Å². The van der Waals surface area contributed by atoms with Gasteiger partial charge in [-0.1, -0.05) is 12.1 Å². The summed E-state index contributed by atoms with van der Waals surface area (Å²) in [7, 11) is 0. The van der Waals surface area contributed by atoms with E-state index in [4.69, 9.17) is 0 Å². The molecule has 0 aliphatic carbocycles. The zero-order valence-electron chi connectivity index (χ0n) is 16.7. The first-order valence-corrected chi connectivity index (χ1v) is 10.1. The van der Waals surface area contributed by atoms with Crippen LogP contribution in [0, 0.1) is 0 Å². The monoisotopic (exact) mass is 426 g/mol. The number of hydrogen-bond acceptors (Lipinski definition) is 3. The molecule has 5 rings (SSSR count). The molecule has 0 radical (unpaired) electrons. The van der Waals surface area contributed by atoms with E-state index in [1.54, 1.807) is 12.1 Å². The van der Waals surface area contributed by atoms with Gasteiger partial charge < -0.3 is 14.3 Å². The molecule has 1 fully saturated rings. The lowest BCUT2D eigenvalue weighted by molar-refractivity contribution is -0.137. The molecule has 1 N–H and O–H groups in total. The number of benzene rings is 2. The molecule has 1 aliphatic rings. The first-order chi connectivity index (χ1) is 14.9. The number of anilines is 1. The van der Waals surface area contributed by atoms with Gasteiger partial charge in [0.25, 0.3) is 5.56 Å². The minimum atomic E-state index is -4.31. The fourth-order valence-electron chi connectivity index (χ4n) is 4.24. The maximum Gasteiger partial charge on any atom is 0.416 e. The van der Waals surface area contributed by atoms with Crippen molar-refractivity contribution in [2.24, 2.45) is 0 Å². The molecule has 4 aromatic rings. The Balaban J connectivity index is 1.28. The molecular formula is C23H21F3N4O. The topological polar surface area (TPSA) is 43.8 Å². The number of nitrogens with one attached hydrogen (secondary N) is 1. The van der Waals surface area contributed by atoms with Gasteiger partial charge in [-0.3, -0.25) is 9.69 Å². The molecule has 0 saturated carbocycles. The van der Waals surface area contributed by atoms with Crippen LogP contribution in [0.5, 0.6) is 0 Å². The van der Waals surface area contributed by atoms with E-state index in [2.05, 4.69) is 21.0 Å². The van der Waals surface area contributed by atoms with E-state index in [0.29, 0.717) is 5.39 Å². The number of halogens is 3. The lowest BCUT2D eigenvalue weighted by Crippen LogP contribution is -2.45. The molecule has 0 spiro atoms. The third-order valence-corrected chi connectivity index (χ3v) is 5.86. The summed E-state index contributed by atoms with van der Waals surface area (Å²) >= 11 is 0. The van der Waals surface area contributed by atoms with Crippen LogP contribution in [0.15, 0.2) is 65.6 Å². The molecule has 1 saturated heterocycles. The normalized spacial score (nSPS) is 15.8. The van der Waals surface area contributed by atoms with E-state index in [1.807, 2.05) is 34.7 Å². The largest absolute Gasteiger partial charge is 0.416 e. The molecule has 8 heteroatoms. The predicted octanol–water partition coefficient (Wildman–Crippen LogP) is 4.12. The van der Waals surface area contributed by atoms with Crippen LogP contribution < -0.4 is 10.5 Å². The third-order valence-electron chi connectivity index (χ3n) is 5.86. The quantitative estimate of drug-likeness (QED) is 0.536. The van der Waals surface area contributed by atoms with Crippen LogP contribution in [-0.2, 0) is 12.7 Å². The lowest BCUT2D eigenvalue weighted by atomic mass is 10.1. The highest BCUT2D eigenvalue weighted by molar-refractivity contribution is 5.80. The summed E-state index contributed by atoms with van der Waals surface area (Å²) in [5, 5.41) is 0.655. The Bertz CT molecular complexity index is 1280. The third kappa shape index (κ3) is 3.79. The van der Waals surface area contributed by atoms with Crippen molar-refractivity contribution in [3.8, 4) is 0 Å². The first kappa shape index (κ1) is 19.7. The maximum absolute atomic E-state index is 12.8.